The first kappa shape index (κ1) is 29.7. The quantitative estimate of drug-likeness (QED) is 0.349. The first-order valence-electron chi connectivity index (χ1n) is 11.6. The Hall–Kier alpha value is -3.49. The number of hydrogen-bond donors (Lipinski definition) is 3. The maximum Gasteiger partial charge on any atom is 2.00 e. The first-order valence-corrected chi connectivity index (χ1v) is 11.6. The number of aliphatic carboxylic acids is 1. The van der Waals surface area contributed by atoms with E-state index in [9.17, 15) is 10.2 Å². The van der Waals surface area contributed by atoms with Gasteiger partial charge in [-0.15, -0.1) is 0 Å². The molecule has 0 fully saturated rings. The smallest absolute Gasteiger partial charge is 0.507 e. The van der Waals surface area contributed by atoms with Crippen molar-refractivity contribution < 1.29 is 46.7 Å². The van der Waals surface area contributed by atoms with Crippen molar-refractivity contribution in [2.24, 2.45) is 9.98 Å². The number of carbonyl (C=O) groups is 1. The molecule has 4 bridgehead atoms. The number of phenols is 2. The Kier molecular flexibility index (Phi) is 12.5. The van der Waals surface area contributed by atoms with Crippen LogP contribution in [0.25, 0.3) is 0 Å². The van der Waals surface area contributed by atoms with Crippen LogP contribution in [0.5, 0.6) is 11.5 Å². The summed E-state index contributed by atoms with van der Waals surface area (Å²) in [6.07, 6.45) is 4.46. The van der Waals surface area contributed by atoms with E-state index < -0.39 is 5.97 Å². The van der Waals surface area contributed by atoms with E-state index >= 15 is 0 Å². The predicted octanol–water partition coefficient (Wildman–Crippen LogP) is 4.82. The summed E-state index contributed by atoms with van der Waals surface area (Å²) < 4.78 is 11.3. The Morgan fingerprint density at radius 1 is 0.703 bits per heavy atom. The van der Waals surface area contributed by atoms with Crippen LogP contribution in [0.1, 0.15) is 29.2 Å². The van der Waals surface area contributed by atoms with E-state index in [2.05, 4.69) is 9.98 Å². The van der Waals surface area contributed by atoms with Gasteiger partial charge in [-0.25, -0.2) is 0 Å². The van der Waals surface area contributed by atoms with Gasteiger partial charge in [0.05, 0.1) is 37.8 Å². The molecule has 3 aromatic carbocycles. The van der Waals surface area contributed by atoms with Crippen LogP contribution in [0, 0.1) is 0 Å². The number of ether oxygens (including phenoxy) is 2. The molecule has 193 valence electrons. The third kappa shape index (κ3) is 9.48. The van der Waals surface area contributed by atoms with E-state index in [-0.39, 0.29) is 28.6 Å². The van der Waals surface area contributed by atoms with Gasteiger partial charge in [-0.2, -0.15) is 0 Å². The molecule has 9 heteroatoms. The second-order valence-electron chi connectivity index (χ2n) is 7.96. The summed E-state index contributed by atoms with van der Waals surface area (Å²) in [6.45, 7) is 2.99. The Morgan fingerprint density at radius 2 is 1.11 bits per heavy atom. The van der Waals surface area contributed by atoms with Gasteiger partial charge in [-0.05, 0) is 48.2 Å². The molecule has 0 atom stereocenters. The van der Waals surface area contributed by atoms with Crippen LogP contribution in [-0.2, 0) is 44.2 Å². The topological polar surface area (TPSA) is 121 Å². The standard InChI is InChI=1S/C26H26N2O4.C2H4O2.Mn/c29-25-19-5-3-7-21(25)17-27-23-9-1-2-10-24(23)28-18-22-8-4-6-20(26(22)30)12-14-32-16-15-31-13-11-19;1-2(3)4;/h1-10,17-18,29-30H,11-16H2;1H3,(H,3,4);/q;;+2. The minimum atomic E-state index is -0.833. The van der Waals surface area contributed by atoms with Crippen molar-refractivity contribution >= 4 is 29.8 Å². The molecule has 0 saturated heterocycles. The number of phenolic OH excluding ortho intramolecular Hbond substituents is 2. The van der Waals surface area contributed by atoms with Crippen molar-refractivity contribution in [1.82, 2.24) is 0 Å². The van der Waals surface area contributed by atoms with Gasteiger partial charge >= 0.3 is 17.1 Å². The van der Waals surface area contributed by atoms with Crippen LogP contribution in [0.2, 0.25) is 0 Å². The number of para-hydroxylation sites is 4. The third-order valence-electron chi connectivity index (χ3n) is 5.27. The Morgan fingerprint density at radius 3 is 1.51 bits per heavy atom. The molecule has 3 aromatic rings. The van der Waals surface area contributed by atoms with Crippen LogP contribution < -0.4 is 0 Å². The van der Waals surface area contributed by atoms with Gasteiger partial charge in [0, 0.05) is 30.5 Å². The fourth-order valence-corrected chi connectivity index (χ4v) is 3.48. The van der Waals surface area contributed by atoms with Crippen LogP contribution in [0.15, 0.2) is 70.6 Å². The molecule has 3 N–H and O–H groups in total. The molecule has 0 unspecified atom stereocenters. The summed E-state index contributed by atoms with van der Waals surface area (Å²) in [7, 11) is 0. The number of aromatic hydroxyl groups is 2. The summed E-state index contributed by atoms with van der Waals surface area (Å²) >= 11 is 0. The minimum Gasteiger partial charge on any atom is -0.507 e. The number of hydrogen-bond acceptors (Lipinski definition) is 7. The van der Waals surface area contributed by atoms with Gasteiger partial charge in [0.25, 0.3) is 5.97 Å². The molecule has 1 radical (unpaired) electrons. The fourth-order valence-electron chi connectivity index (χ4n) is 3.48. The number of aliphatic imine (C=N–C) groups is 2. The number of benzene rings is 3. The second-order valence-corrected chi connectivity index (χ2v) is 7.96. The Labute approximate surface area is 226 Å². The summed E-state index contributed by atoms with van der Waals surface area (Å²) in [5, 5.41) is 28.7. The number of rotatable bonds is 0. The molecule has 8 nitrogen and oxygen atoms in total. The van der Waals surface area contributed by atoms with Gasteiger partial charge in [0.1, 0.15) is 11.5 Å². The zero-order valence-corrected chi connectivity index (χ0v) is 21.7. The van der Waals surface area contributed by atoms with Crippen molar-refractivity contribution in [2.75, 3.05) is 26.4 Å². The van der Waals surface area contributed by atoms with E-state index in [1.165, 1.54) is 0 Å². The van der Waals surface area contributed by atoms with Crippen LogP contribution in [-0.4, -0.2) is 60.1 Å². The van der Waals surface area contributed by atoms with Gasteiger partial charge in [-0.3, -0.25) is 14.8 Å². The van der Waals surface area contributed by atoms with E-state index in [4.69, 9.17) is 19.4 Å². The fraction of sp³-hybridized carbons (Fsp3) is 0.250. The second kappa shape index (κ2) is 15.6. The molecule has 37 heavy (non-hydrogen) atoms. The van der Waals surface area contributed by atoms with Gasteiger partial charge < -0.3 is 24.8 Å². The summed E-state index contributed by atoms with van der Waals surface area (Å²) in [6, 6.07) is 18.7. The Bertz CT molecular complexity index is 1140. The molecule has 0 aliphatic carbocycles. The largest absolute Gasteiger partial charge is 2.00 e. The van der Waals surface area contributed by atoms with Crippen molar-refractivity contribution in [3.63, 3.8) is 0 Å². The van der Waals surface area contributed by atoms with Gasteiger partial charge in [0.15, 0.2) is 0 Å². The third-order valence-corrected chi connectivity index (χ3v) is 5.27. The van der Waals surface area contributed by atoms with Crippen LogP contribution >= 0.6 is 0 Å². The number of fused-ring (bicyclic) bond motifs is 5. The SMILES string of the molecule is CC(=O)O.Oc1c2cccc1CCOCCOCCc1cccc(c1O)C=Nc1ccccc1N=C2.[Mn+2]. The van der Waals surface area contributed by atoms with E-state index in [0.29, 0.717) is 61.8 Å². The zero-order valence-electron chi connectivity index (χ0n) is 20.5. The maximum absolute atomic E-state index is 10.6. The van der Waals surface area contributed by atoms with Crippen molar-refractivity contribution in [3.05, 3.63) is 82.9 Å². The van der Waals surface area contributed by atoms with E-state index in [1.54, 1.807) is 12.4 Å². The predicted molar refractivity (Wildman–Crippen MR) is 140 cm³/mol. The molecule has 1 aliphatic heterocycles. The summed E-state index contributed by atoms with van der Waals surface area (Å²) in [4.78, 5) is 18.1. The zero-order chi connectivity index (χ0) is 25.8. The average Bonchev–Trinajstić information content (AvgIpc) is 2.85. The van der Waals surface area contributed by atoms with E-state index in [0.717, 1.165) is 18.1 Å². The average molecular weight is 545 g/mol. The molecule has 0 saturated carbocycles. The summed E-state index contributed by atoms with van der Waals surface area (Å²) in [5.74, 6) is -0.429. The van der Waals surface area contributed by atoms with Crippen molar-refractivity contribution in [1.29, 1.82) is 0 Å². The number of carboxylic acids is 1. The number of nitrogens with zero attached hydrogens (tertiary/aromatic N) is 2. The molecule has 0 aromatic heterocycles. The molecule has 0 spiro atoms. The number of carboxylic acid groups (broad SMARTS) is 1. The molecule has 1 aliphatic rings. The molecule has 4 rings (SSSR count). The normalized spacial score (nSPS) is 13.8. The molecular formula is C28H30MnN2O6+2. The molecular weight excluding hydrogens is 515 g/mol. The Balaban J connectivity index is 0.000000898. The van der Waals surface area contributed by atoms with Gasteiger partial charge in [0.2, 0.25) is 0 Å². The first-order chi connectivity index (χ1) is 17.5. The molecule has 0 amide bonds. The van der Waals surface area contributed by atoms with Crippen LogP contribution in [0.3, 0.4) is 0 Å². The van der Waals surface area contributed by atoms with Crippen LogP contribution in [0.4, 0.5) is 11.4 Å². The monoisotopic (exact) mass is 545 g/mol. The molecule has 1 heterocycles. The summed E-state index contributed by atoms with van der Waals surface area (Å²) in [5.41, 5.74) is 4.20. The van der Waals surface area contributed by atoms with Crippen molar-refractivity contribution in [2.45, 2.75) is 19.8 Å². The minimum absolute atomic E-state index is 0. The maximum atomic E-state index is 10.6. The van der Waals surface area contributed by atoms with E-state index in [1.807, 2.05) is 60.7 Å². The van der Waals surface area contributed by atoms with Gasteiger partial charge in [-0.1, -0.05) is 36.4 Å². The van der Waals surface area contributed by atoms with Crippen molar-refractivity contribution in [3.8, 4) is 11.5 Å².